The molecule has 0 amide bonds. The standard InChI is InChI=1S/C29H23FN6O3S2/c30-21-8-10-22(11-9-21)32-29(40)34-41(37,38)25-14-12-24(13-15-25)36-27(17-26(33-36)28-7-4-16-39-28)20-18-31-35(19-20)23-5-2-1-3-6-23/h1-16,18-19,27H,17H2,(H2,32,34,40). The molecule has 0 bridgehead atoms. The summed E-state index contributed by atoms with van der Waals surface area (Å²) in [5.74, 6) is 0.256. The molecule has 0 fully saturated rings. The number of thiocarbonyl (C=S) groups is 1. The highest BCUT2D eigenvalue weighted by Crippen LogP contribution is 2.37. The number of halogens is 1. The van der Waals surface area contributed by atoms with Gasteiger partial charge in [0.05, 0.1) is 34.8 Å². The second-order valence-corrected chi connectivity index (χ2v) is 11.3. The first-order chi connectivity index (χ1) is 19.9. The van der Waals surface area contributed by atoms with E-state index in [1.165, 1.54) is 36.4 Å². The van der Waals surface area contributed by atoms with E-state index in [2.05, 4.69) is 15.1 Å². The molecule has 0 saturated carbocycles. The van der Waals surface area contributed by atoms with Crippen molar-refractivity contribution in [2.75, 3.05) is 10.3 Å². The van der Waals surface area contributed by atoms with Crippen LogP contribution in [0, 0.1) is 5.82 Å². The minimum atomic E-state index is -3.98. The topological polar surface area (TPSA) is 105 Å². The van der Waals surface area contributed by atoms with Crippen molar-refractivity contribution in [2.45, 2.75) is 17.4 Å². The lowest BCUT2D eigenvalue weighted by molar-refractivity contribution is 0.556. The fourth-order valence-corrected chi connectivity index (χ4v) is 5.83. The van der Waals surface area contributed by atoms with Gasteiger partial charge in [0, 0.05) is 23.9 Å². The molecule has 1 aliphatic heterocycles. The van der Waals surface area contributed by atoms with Gasteiger partial charge in [0.1, 0.15) is 17.3 Å². The molecule has 2 N–H and O–H groups in total. The van der Waals surface area contributed by atoms with Crippen molar-refractivity contribution >= 4 is 44.4 Å². The van der Waals surface area contributed by atoms with Gasteiger partial charge in [-0.2, -0.15) is 10.2 Å². The van der Waals surface area contributed by atoms with Gasteiger partial charge in [-0.05, 0) is 85.0 Å². The molecule has 2 aromatic heterocycles. The van der Waals surface area contributed by atoms with E-state index in [1.807, 2.05) is 64.5 Å². The second kappa shape index (κ2) is 11.0. The Balaban J connectivity index is 1.24. The predicted octanol–water partition coefficient (Wildman–Crippen LogP) is 5.64. The van der Waals surface area contributed by atoms with Gasteiger partial charge in [-0.3, -0.25) is 9.73 Å². The summed E-state index contributed by atoms with van der Waals surface area (Å²) in [6.07, 6.45) is 5.94. The van der Waals surface area contributed by atoms with Gasteiger partial charge in [0.2, 0.25) is 0 Å². The van der Waals surface area contributed by atoms with E-state index in [1.54, 1.807) is 18.4 Å². The zero-order valence-corrected chi connectivity index (χ0v) is 23.0. The van der Waals surface area contributed by atoms with Crippen LogP contribution in [0.15, 0.2) is 124 Å². The van der Waals surface area contributed by atoms with E-state index in [0.29, 0.717) is 23.6 Å². The number of hydrogen-bond acceptors (Lipinski definition) is 7. The van der Waals surface area contributed by atoms with Gasteiger partial charge < -0.3 is 9.73 Å². The molecule has 12 heteroatoms. The Kier molecular flexibility index (Phi) is 7.08. The van der Waals surface area contributed by atoms with Crippen molar-refractivity contribution in [3.8, 4) is 5.69 Å². The molecule has 9 nitrogen and oxygen atoms in total. The number of hydrazone groups is 1. The number of nitrogens with one attached hydrogen (secondary N) is 2. The molecule has 1 atom stereocenters. The summed E-state index contributed by atoms with van der Waals surface area (Å²) in [6.45, 7) is 0. The van der Waals surface area contributed by atoms with E-state index in [0.717, 1.165) is 17.0 Å². The zero-order valence-electron chi connectivity index (χ0n) is 21.4. The van der Waals surface area contributed by atoms with Gasteiger partial charge in [-0.1, -0.05) is 18.2 Å². The Morgan fingerprint density at radius 3 is 2.41 bits per heavy atom. The maximum atomic E-state index is 13.2. The number of benzene rings is 3. The summed E-state index contributed by atoms with van der Waals surface area (Å²) in [5, 5.41) is 13.8. The highest BCUT2D eigenvalue weighted by atomic mass is 32.2. The lowest BCUT2D eigenvalue weighted by atomic mass is 10.0. The van der Waals surface area contributed by atoms with Crippen molar-refractivity contribution in [2.24, 2.45) is 5.10 Å². The van der Waals surface area contributed by atoms with Crippen molar-refractivity contribution in [3.63, 3.8) is 0 Å². The van der Waals surface area contributed by atoms with Crippen LogP contribution in [0.25, 0.3) is 5.69 Å². The van der Waals surface area contributed by atoms with Gasteiger partial charge in [0.25, 0.3) is 10.0 Å². The molecule has 3 heterocycles. The minimum absolute atomic E-state index is 0.0207. The third-order valence-corrected chi connectivity index (χ3v) is 8.16. The van der Waals surface area contributed by atoms with Crippen LogP contribution in [-0.2, 0) is 10.0 Å². The average Bonchev–Trinajstić information content (AvgIpc) is 3.75. The first kappa shape index (κ1) is 26.4. The molecule has 3 aromatic carbocycles. The predicted molar refractivity (Wildman–Crippen MR) is 158 cm³/mol. The lowest BCUT2D eigenvalue weighted by Gasteiger charge is -2.23. The summed E-state index contributed by atoms with van der Waals surface area (Å²) in [5.41, 5.74) is 3.78. The number of aromatic nitrogens is 2. The third-order valence-electron chi connectivity index (χ3n) is 6.46. The van der Waals surface area contributed by atoms with Crippen LogP contribution in [0.5, 0.6) is 0 Å². The molecule has 1 aliphatic rings. The molecular formula is C29H23FN6O3S2. The molecular weight excluding hydrogens is 563 g/mol. The molecule has 0 saturated heterocycles. The largest absolute Gasteiger partial charge is 0.463 e. The highest BCUT2D eigenvalue weighted by molar-refractivity contribution is 7.92. The number of para-hydroxylation sites is 1. The Morgan fingerprint density at radius 2 is 1.71 bits per heavy atom. The maximum absolute atomic E-state index is 13.2. The van der Waals surface area contributed by atoms with Gasteiger partial charge in [-0.15, -0.1) is 0 Å². The molecule has 0 spiro atoms. The third kappa shape index (κ3) is 5.74. The van der Waals surface area contributed by atoms with Crippen molar-refractivity contribution in [1.82, 2.24) is 14.5 Å². The van der Waals surface area contributed by atoms with Crippen molar-refractivity contribution in [1.29, 1.82) is 0 Å². The quantitative estimate of drug-likeness (QED) is 0.238. The second-order valence-electron chi connectivity index (χ2n) is 9.20. The fraction of sp³-hybridized carbons (Fsp3) is 0.0690. The molecule has 1 unspecified atom stereocenters. The molecule has 6 rings (SSSR count). The monoisotopic (exact) mass is 586 g/mol. The molecule has 206 valence electrons. The van der Waals surface area contributed by atoms with Crippen LogP contribution in [0.3, 0.4) is 0 Å². The van der Waals surface area contributed by atoms with Gasteiger partial charge in [-0.25, -0.2) is 17.5 Å². The van der Waals surface area contributed by atoms with E-state index < -0.39 is 15.8 Å². The van der Waals surface area contributed by atoms with E-state index >= 15 is 0 Å². The Labute approximate surface area is 241 Å². The van der Waals surface area contributed by atoms with Crippen LogP contribution >= 0.6 is 12.2 Å². The average molecular weight is 587 g/mol. The fourth-order valence-electron chi connectivity index (χ4n) is 4.48. The molecule has 5 aromatic rings. The van der Waals surface area contributed by atoms with E-state index in [-0.39, 0.29) is 16.0 Å². The lowest BCUT2D eigenvalue weighted by Crippen LogP contribution is -2.34. The van der Waals surface area contributed by atoms with E-state index in [4.69, 9.17) is 21.7 Å². The SMILES string of the molecule is O=S(=O)(NC(=S)Nc1ccc(F)cc1)c1ccc(N2N=C(c3ccco3)CC2c2cnn(-c3ccccc3)c2)cc1. The number of rotatable bonds is 7. The first-order valence-corrected chi connectivity index (χ1v) is 14.4. The van der Waals surface area contributed by atoms with Crippen molar-refractivity contribution < 1.29 is 17.2 Å². The number of sulfonamides is 1. The summed E-state index contributed by atoms with van der Waals surface area (Å²) < 4.78 is 48.9. The summed E-state index contributed by atoms with van der Waals surface area (Å²) in [6, 6.07) is 25.0. The molecule has 41 heavy (non-hydrogen) atoms. The highest BCUT2D eigenvalue weighted by Gasteiger charge is 2.32. The number of furan rings is 1. The van der Waals surface area contributed by atoms with Crippen LogP contribution in [0.4, 0.5) is 15.8 Å². The van der Waals surface area contributed by atoms with Crippen LogP contribution in [-0.4, -0.2) is 29.0 Å². The number of anilines is 2. The van der Waals surface area contributed by atoms with Gasteiger partial charge >= 0.3 is 0 Å². The summed E-state index contributed by atoms with van der Waals surface area (Å²) in [7, 11) is -3.98. The number of nitrogens with zero attached hydrogens (tertiary/aromatic N) is 4. The Hall–Kier alpha value is -4.81. The smallest absolute Gasteiger partial charge is 0.263 e. The first-order valence-electron chi connectivity index (χ1n) is 12.6. The van der Waals surface area contributed by atoms with Crippen LogP contribution in [0.1, 0.15) is 23.8 Å². The van der Waals surface area contributed by atoms with Crippen LogP contribution < -0.4 is 15.0 Å². The molecule has 0 radical (unpaired) electrons. The number of hydrogen-bond donors (Lipinski definition) is 2. The molecule has 0 aliphatic carbocycles. The summed E-state index contributed by atoms with van der Waals surface area (Å²) in [4.78, 5) is 0.0207. The minimum Gasteiger partial charge on any atom is -0.463 e. The maximum Gasteiger partial charge on any atom is 0.263 e. The van der Waals surface area contributed by atoms with Crippen molar-refractivity contribution in [3.05, 3.63) is 127 Å². The normalized spacial score (nSPS) is 15.0. The zero-order chi connectivity index (χ0) is 28.4. The Morgan fingerprint density at radius 1 is 0.951 bits per heavy atom. The van der Waals surface area contributed by atoms with Gasteiger partial charge in [0.15, 0.2) is 5.11 Å². The summed E-state index contributed by atoms with van der Waals surface area (Å²) >= 11 is 5.15. The Bertz CT molecular complexity index is 1800. The van der Waals surface area contributed by atoms with Crippen LogP contribution in [0.2, 0.25) is 0 Å². The van der Waals surface area contributed by atoms with E-state index in [9.17, 15) is 12.8 Å².